The monoisotopic (exact) mass is 321 g/mol. The molecule has 0 radical (unpaired) electrons. The van der Waals surface area contributed by atoms with E-state index < -0.39 is 0 Å². The van der Waals surface area contributed by atoms with E-state index in [1.54, 1.807) is 6.07 Å². The highest BCUT2D eigenvalue weighted by atomic mass is 79.9. The molecule has 1 aromatic carbocycles. The van der Waals surface area contributed by atoms with E-state index in [0.717, 1.165) is 28.6 Å². The number of H-pyrrole nitrogens is 1. The minimum Gasteiger partial charge on any atom is -0.305 e. The van der Waals surface area contributed by atoms with E-state index in [2.05, 4.69) is 38.4 Å². The molecular formula is C14H16BrN3O. The topological polar surface area (TPSA) is 57.8 Å². The van der Waals surface area contributed by atoms with Crippen LogP contribution in [0.25, 0.3) is 0 Å². The van der Waals surface area contributed by atoms with Gasteiger partial charge < -0.3 is 5.32 Å². The van der Waals surface area contributed by atoms with Crippen molar-refractivity contribution in [3.05, 3.63) is 45.6 Å². The second kappa shape index (κ2) is 6.02. The van der Waals surface area contributed by atoms with Crippen LogP contribution in [0.2, 0.25) is 0 Å². The maximum absolute atomic E-state index is 12.2. The molecule has 0 unspecified atom stereocenters. The maximum atomic E-state index is 12.2. The van der Waals surface area contributed by atoms with Crippen LogP contribution in [0.15, 0.2) is 28.7 Å². The van der Waals surface area contributed by atoms with Gasteiger partial charge in [0.1, 0.15) is 0 Å². The zero-order chi connectivity index (χ0) is 13.8. The van der Waals surface area contributed by atoms with Crippen LogP contribution >= 0.6 is 15.9 Å². The van der Waals surface area contributed by atoms with Crippen molar-refractivity contribution in [3.8, 4) is 0 Å². The van der Waals surface area contributed by atoms with Crippen LogP contribution in [0.1, 0.15) is 35.0 Å². The number of carbonyl (C=O) groups excluding carboxylic acids is 1. The molecule has 19 heavy (non-hydrogen) atoms. The highest BCUT2D eigenvalue weighted by molar-refractivity contribution is 9.10. The number of nitrogens with one attached hydrogen (secondary N) is 2. The molecular weight excluding hydrogens is 306 g/mol. The second-order valence-electron chi connectivity index (χ2n) is 4.39. The van der Waals surface area contributed by atoms with Gasteiger partial charge in [-0.3, -0.25) is 9.89 Å². The number of rotatable bonds is 4. The molecule has 0 bridgehead atoms. The molecule has 100 valence electrons. The SMILES string of the molecule is CCCc1cc(NC(=O)c2cccc(Br)c2C)n[nH]1. The summed E-state index contributed by atoms with van der Waals surface area (Å²) < 4.78 is 0.925. The third-order valence-corrected chi connectivity index (χ3v) is 3.76. The number of hydrogen-bond acceptors (Lipinski definition) is 2. The molecule has 2 N–H and O–H groups in total. The minimum absolute atomic E-state index is 0.145. The highest BCUT2D eigenvalue weighted by Crippen LogP contribution is 2.20. The smallest absolute Gasteiger partial charge is 0.257 e. The van der Waals surface area contributed by atoms with Crippen molar-refractivity contribution in [2.45, 2.75) is 26.7 Å². The van der Waals surface area contributed by atoms with Crippen molar-refractivity contribution in [2.75, 3.05) is 5.32 Å². The molecule has 0 saturated heterocycles. The first kappa shape index (κ1) is 13.8. The molecule has 2 aromatic rings. The lowest BCUT2D eigenvalue weighted by Crippen LogP contribution is -2.13. The van der Waals surface area contributed by atoms with E-state index in [0.29, 0.717) is 11.4 Å². The minimum atomic E-state index is -0.145. The Morgan fingerprint density at radius 2 is 2.26 bits per heavy atom. The Labute approximate surface area is 120 Å². The van der Waals surface area contributed by atoms with Gasteiger partial charge in [-0.1, -0.05) is 35.3 Å². The van der Waals surface area contributed by atoms with Gasteiger partial charge in [0.2, 0.25) is 0 Å². The lowest BCUT2D eigenvalue weighted by molar-refractivity contribution is 0.102. The third kappa shape index (κ3) is 3.23. The Balaban J connectivity index is 2.14. The number of carbonyl (C=O) groups is 1. The Hall–Kier alpha value is -1.62. The molecule has 0 atom stereocenters. The molecule has 0 fully saturated rings. The summed E-state index contributed by atoms with van der Waals surface area (Å²) in [6.07, 6.45) is 1.97. The van der Waals surface area contributed by atoms with Gasteiger partial charge in [-0.25, -0.2) is 0 Å². The molecule has 0 aliphatic rings. The van der Waals surface area contributed by atoms with Crippen molar-refractivity contribution in [1.29, 1.82) is 0 Å². The van der Waals surface area contributed by atoms with E-state index >= 15 is 0 Å². The van der Waals surface area contributed by atoms with Gasteiger partial charge in [-0.2, -0.15) is 5.10 Å². The van der Waals surface area contributed by atoms with Crippen molar-refractivity contribution in [1.82, 2.24) is 10.2 Å². The fourth-order valence-corrected chi connectivity index (χ4v) is 2.23. The number of aryl methyl sites for hydroxylation is 1. The van der Waals surface area contributed by atoms with Crippen LogP contribution in [0, 0.1) is 6.92 Å². The standard InChI is InChI=1S/C14H16BrN3O/c1-3-5-10-8-13(18-17-10)16-14(19)11-6-4-7-12(15)9(11)2/h4,6-8H,3,5H2,1-2H3,(H2,16,17,18,19). The number of nitrogens with zero attached hydrogens (tertiary/aromatic N) is 1. The normalized spacial score (nSPS) is 10.5. The predicted octanol–water partition coefficient (Wildman–Crippen LogP) is 3.69. The van der Waals surface area contributed by atoms with Crippen molar-refractivity contribution < 1.29 is 4.79 Å². The van der Waals surface area contributed by atoms with Crippen LogP contribution < -0.4 is 5.32 Å². The summed E-state index contributed by atoms with van der Waals surface area (Å²) in [7, 11) is 0. The molecule has 5 heteroatoms. The number of hydrogen-bond donors (Lipinski definition) is 2. The number of anilines is 1. The summed E-state index contributed by atoms with van der Waals surface area (Å²) in [6, 6.07) is 7.43. The van der Waals surface area contributed by atoms with Gasteiger partial charge in [0.25, 0.3) is 5.91 Å². The zero-order valence-corrected chi connectivity index (χ0v) is 12.5. The molecule has 1 heterocycles. The average Bonchev–Trinajstić information content (AvgIpc) is 2.80. The molecule has 0 aliphatic carbocycles. The van der Waals surface area contributed by atoms with Gasteiger partial charge in [0, 0.05) is 21.8 Å². The number of aromatic nitrogens is 2. The summed E-state index contributed by atoms with van der Waals surface area (Å²) in [6.45, 7) is 4.01. The van der Waals surface area contributed by atoms with Crippen LogP contribution in [0.5, 0.6) is 0 Å². The summed E-state index contributed by atoms with van der Waals surface area (Å²) >= 11 is 3.42. The summed E-state index contributed by atoms with van der Waals surface area (Å²) in [4.78, 5) is 12.2. The van der Waals surface area contributed by atoms with E-state index in [1.807, 2.05) is 25.1 Å². The van der Waals surface area contributed by atoms with Gasteiger partial charge in [0.15, 0.2) is 5.82 Å². The highest BCUT2D eigenvalue weighted by Gasteiger charge is 2.12. The predicted molar refractivity (Wildman–Crippen MR) is 79.4 cm³/mol. The summed E-state index contributed by atoms with van der Waals surface area (Å²) in [5, 5.41) is 9.80. The Bertz CT molecular complexity index is 592. The van der Waals surface area contributed by atoms with Crippen LogP contribution in [0.4, 0.5) is 5.82 Å². The molecule has 0 saturated carbocycles. The largest absolute Gasteiger partial charge is 0.305 e. The number of aromatic amines is 1. The van der Waals surface area contributed by atoms with Gasteiger partial charge in [-0.05, 0) is 31.0 Å². The first-order chi connectivity index (χ1) is 9.11. The van der Waals surface area contributed by atoms with Crippen LogP contribution in [-0.2, 0) is 6.42 Å². The van der Waals surface area contributed by atoms with Crippen LogP contribution in [0.3, 0.4) is 0 Å². The summed E-state index contributed by atoms with van der Waals surface area (Å²) in [5.41, 5.74) is 2.60. The molecule has 2 rings (SSSR count). The first-order valence-electron chi connectivity index (χ1n) is 6.22. The second-order valence-corrected chi connectivity index (χ2v) is 5.25. The molecule has 1 aromatic heterocycles. The van der Waals surface area contributed by atoms with Gasteiger partial charge >= 0.3 is 0 Å². The molecule has 4 nitrogen and oxygen atoms in total. The Morgan fingerprint density at radius 1 is 1.47 bits per heavy atom. The molecule has 0 aliphatic heterocycles. The zero-order valence-electron chi connectivity index (χ0n) is 11.0. The number of halogens is 1. The lowest BCUT2D eigenvalue weighted by atomic mass is 10.1. The van der Waals surface area contributed by atoms with Crippen molar-refractivity contribution in [3.63, 3.8) is 0 Å². The van der Waals surface area contributed by atoms with E-state index in [-0.39, 0.29) is 5.91 Å². The lowest BCUT2D eigenvalue weighted by Gasteiger charge is -2.06. The van der Waals surface area contributed by atoms with Crippen molar-refractivity contribution in [2.24, 2.45) is 0 Å². The Kier molecular flexibility index (Phi) is 4.37. The molecule has 0 spiro atoms. The summed E-state index contributed by atoms with van der Waals surface area (Å²) in [5.74, 6) is 0.418. The Morgan fingerprint density at radius 3 is 3.00 bits per heavy atom. The third-order valence-electron chi connectivity index (χ3n) is 2.90. The quantitative estimate of drug-likeness (QED) is 0.902. The van der Waals surface area contributed by atoms with E-state index in [1.165, 1.54) is 0 Å². The van der Waals surface area contributed by atoms with Crippen LogP contribution in [-0.4, -0.2) is 16.1 Å². The number of benzene rings is 1. The fourth-order valence-electron chi connectivity index (χ4n) is 1.86. The van der Waals surface area contributed by atoms with Gasteiger partial charge in [0.05, 0.1) is 0 Å². The average molecular weight is 322 g/mol. The van der Waals surface area contributed by atoms with Crippen molar-refractivity contribution >= 4 is 27.7 Å². The first-order valence-corrected chi connectivity index (χ1v) is 7.02. The fraction of sp³-hybridized carbons (Fsp3) is 0.286. The van der Waals surface area contributed by atoms with Gasteiger partial charge in [-0.15, -0.1) is 0 Å². The van der Waals surface area contributed by atoms with E-state index in [9.17, 15) is 4.79 Å². The maximum Gasteiger partial charge on any atom is 0.257 e. The van der Waals surface area contributed by atoms with E-state index in [4.69, 9.17) is 0 Å². The number of amides is 1. The molecule has 1 amide bonds.